The summed E-state index contributed by atoms with van der Waals surface area (Å²) in [7, 11) is 0. The van der Waals surface area contributed by atoms with Crippen molar-refractivity contribution in [1.29, 1.82) is 0 Å². The predicted octanol–water partition coefficient (Wildman–Crippen LogP) is 3.82. The van der Waals surface area contributed by atoms with Gasteiger partial charge in [0.15, 0.2) is 18.1 Å². The largest absolute Gasteiger partial charge is 0.486 e. The number of ether oxygens (including phenoxy) is 3. The summed E-state index contributed by atoms with van der Waals surface area (Å²) in [5.74, 6) is 2.30. The van der Waals surface area contributed by atoms with Crippen molar-refractivity contribution < 1.29 is 19.0 Å². The molecule has 2 aromatic rings. The van der Waals surface area contributed by atoms with Crippen LogP contribution >= 0.6 is 0 Å². The van der Waals surface area contributed by atoms with Gasteiger partial charge in [0.25, 0.3) is 5.91 Å². The topological polar surface area (TPSA) is 48.0 Å². The molecule has 0 aliphatic carbocycles. The highest BCUT2D eigenvalue weighted by Gasteiger charge is 2.31. The first-order valence-electron chi connectivity index (χ1n) is 9.51. The Hall–Kier alpha value is -2.69. The number of hydrogen-bond acceptors (Lipinski definition) is 4. The fourth-order valence-corrected chi connectivity index (χ4v) is 3.71. The summed E-state index contributed by atoms with van der Waals surface area (Å²) in [5, 5.41) is 0. The molecule has 2 aromatic carbocycles. The van der Waals surface area contributed by atoms with Crippen LogP contribution in [-0.2, 0) is 4.79 Å². The maximum Gasteiger partial charge on any atom is 0.261 e. The first-order chi connectivity index (χ1) is 13.1. The molecule has 0 radical (unpaired) electrons. The molecular weight excluding hydrogens is 342 g/mol. The molecule has 0 saturated carbocycles. The van der Waals surface area contributed by atoms with Crippen molar-refractivity contribution in [1.82, 2.24) is 4.90 Å². The molecule has 2 aliphatic rings. The third kappa shape index (κ3) is 3.72. The van der Waals surface area contributed by atoms with Gasteiger partial charge in [0.2, 0.25) is 0 Å². The Morgan fingerprint density at radius 2 is 1.89 bits per heavy atom. The summed E-state index contributed by atoms with van der Waals surface area (Å²) in [6.45, 7) is 6.07. The number of likely N-dealkylation sites (tertiary alicyclic amines) is 1. The number of carbonyl (C=O) groups is 1. The van der Waals surface area contributed by atoms with Gasteiger partial charge in [0.1, 0.15) is 19.0 Å². The summed E-state index contributed by atoms with van der Waals surface area (Å²) >= 11 is 0. The maximum absolute atomic E-state index is 12.8. The summed E-state index contributed by atoms with van der Waals surface area (Å²) in [4.78, 5) is 14.7. The van der Waals surface area contributed by atoms with Crippen LogP contribution in [-0.4, -0.2) is 37.2 Å². The second kappa shape index (κ2) is 7.51. The van der Waals surface area contributed by atoms with Crippen molar-refractivity contribution in [3.63, 3.8) is 0 Å². The molecule has 1 saturated heterocycles. The highest BCUT2D eigenvalue weighted by molar-refractivity contribution is 5.78. The highest BCUT2D eigenvalue weighted by atomic mass is 16.6. The van der Waals surface area contributed by atoms with Crippen molar-refractivity contribution in [2.45, 2.75) is 32.7 Å². The lowest BCUT2D eigenvalue weighted by Crippen LogP contribution is -2.34. The van der Waals surface area contributed by atoms with E-state index in [1.165, 1.54) is 5.56 Å². The Kier molecular flexibility index (Phi) is 4.92. The summed E-state index contributed by atoms with van der Waals surface area (Å²) < 4.78 is 17.0. The number of amides is 1. The monoisotopic (exact) mass is 367 g/mol. The first-order valence-corrected chi connectivity index (χ1v) is 9.51. The van der Waals surface area contributed by atoms with Crippen molar-refractivity contribution in [2.75, 3.05) is 26.4 Å². The molecule has 5 heteroatoms. The molecule has 0 bridgehead atoms. The number of rotatable bonds is 4. The Labute approximate surface area is 159 Å². The van der Waals surface area contributed by atoms with Gasteiger partial charge in [0, 0.05) is 6.54 Å². The van der Waals surface area contributed by atoms with E-state index >= 15 is 0 Å². The zero-order chi connectivity index (χ0) is 18.8. The van der Waals surface area contributed by atoms with Crippen LogP contribution < -0.4 is 14.2 Å². The second-order valence-electron chi connectivity index (χ2n) is 7.18. The van der Waals surface area contributed by atoms with Crippen LogP contribution in [0, 0.1) is 13.8 Å². The average Bonchev–Trinajstić information content (AvgIpc) is 3.18. The van der Waals surface area contributed by atoms with Crippen LogP contribution in [0.3, 0.4) is 0 Å². The molecule has 142 valence electrons. The van der Waals surface area contributed by atoms with Gasteiger partial charge in [0.05, 0.1) is 6.04 Å². The van der Waals surface area contributed by atoms with Crippen LogP contribution in [0.2, 0.25) is 0 Å². The lowest BCUT2D eigenvalue weighted by atomic mass is 10.0. The fourth-order valence-electron chi connectivity index (χ4n) is 3.71. The van der Waals surface area contributed by atoms with Crippen molar-refractivity contribution in [3.05, 3.63) is 53.1 Å². The Morgan fingerprint density at radius 1 is 1.07 bits per heavy atom. The Morgan fingerprint density at radius 3 is 2.70 bits per heavy atom. The lowest BCUT2D eigenvalue weighted by molar-refractivity contribution is -0.134. The van der Waals surface area contributed by atoms with E-state index in [0.717, 1.165) is 47.8 Å². The van der Waals surface area contributed by atoms with Crippen molar-refractivity contribution in [3.8, 4) is 17.2 Å². The molecule has 2 heterocycles. The standard InChI is InChI=1S/C22H25NO4/c1-15-5-7-18(12-16(15)2)27-14-22(24)23-9-3-4-19(23)17-6-8-20-21(13-17)26-11-10-25-20/h5-8,12-13,19H,3-4,9-11,14H2,1-2H3. The molecule has 5 nitrogen and oxygen atoms in total. The van der Waals surface area contributed by atoms with Crippen molar-refractivity contribution >= 4 is 5.91 Å². The Bertz CT molecular complexity index is 848. The number of carbonyl (C=O) groups excluding carboxylic acids is 1. The van der Waals surface area contributed by atoms with Crippen LogP contribution in [0.15, 0.2) is 36.4 Å². The zero-order valence-corrected chi connectivity index (χ0v) is 15.9. The van der Waals surface area contributed by atoms with E-state index < -0.39 is 0 Å². The molecule has 0 aromatic heterocycles. The molecule has 27 heavy (non-hydrogen) atoms. The number of nitrogens with zero attached hydrogens (tertiary/aromatic N) is 1. The van der Waals surface area contributed by atoms with E-state index in [9.17, 15) is 4.79 Å². The normalized spacial score (nSPS) is 18.4. The summed E-state index contributed by atoms with van der Waals surface area (Å²) in [6.07, 6.45) is 1.95. The molecule has 1 atom stereocenters. The van der Waals surface area contributed by atoms with E-state index in [2.05, 4.69) is 6.92 Å². The molecular formula is C22H25NO4. The molecule has 4 rings (SSSR count). The van der Waals surface area contributed by atoms with Crippen molar-refractivity contribution in [2.24, 2.45) is 0 Å². The van der Waals surface area contributed by atoms with Crippen LogP contribution in [0.4, 0.5) is 0 Å². The van der Waals surface area contributed by atoms with Gasteiger partial charge in [-0.3, -0.25) is 4.79 Å². The third-order valence-electron chi connectivity index (χ3n) is 5.36. The number of benzene rings is 2. The van der Waals surface area contributed by atoms with E-state index in [1.54, 1.807) is 0 Å². The number of aryl methyl sites for hydroxylation is 2. The van der Waals surface area contributed by atoms with E-state index in [1.807, 2.05) is 48.2 Å². The molecule has 2 aliphatic heterocycles. The van der Waals surface area contributed by atoms with Crippen LogP contribution in [0.25, 0.3) is 0 Å². The SMILES string of the molecule is Cc1ccc(OCC(=O)N2CCCC2c2ccc3c(c2)OCCO3)cc1C. The van der Waals surface area contributed by atoms with Gasteiger partial charge in [-0.05, 0) is 67.6 Å². The van der Waals surface area contributed by atoms with E-state index in [4.69, 9.17) is 14.2 Å². The summed E-state index contributed by atoms with van der Waals surface area (Å²) in [5.41, 5.74) is 3.47. The fraction of sp³-hybridized carbons (Fsp3) is 0.409. The maximum atomic E-state index is 12.8. The molecule has 0 N–H and O–H groups in total. The molecule has 0 spiro atoms. The predicted molar refractivity (Wildman–Crippen MR) is 103 cm³/mol. The van der Waals surface area contributed by atoms with Crippen LogP contribution in [0.1, 0.15) is 35.6 Å². The Balaban J connectivity index is 1.44. The quantitative estimate of drug-likeness (QED) is 0.824. The highest BCUT2D eigenvalue weighted by Crippen LogP contribution is 2.38. The molecule has 1 amide bonds. The van der Waals surface area contributed by atoms with Gasteiger partial charge in [-0.25, -0.2) is 0 Å². The minimum absolute atomic E-state index is 0.0191. The minimum Gasteiger partial charge on any atom is -0.486 e. The van der Waals surface area contributed by atoms with Gasteiger partial charge >= 0.3 is 0 Å². The smallest absolute Gasteiger partial charge is 0.261 e. The number of fused-ring (bicyclic) bond motifs is 1. The second-order valence-corrected chi connectivity index (χ2v) is 7.18. The zero-order valence-electron chi connectivity index (χ0n) is 15.9. The van der Waals surface area contributed by atoms with Gasteiger partial charge in [-0.2, -0.15) is 0 Å². The first kappa shape index (κ1) is 17.7. The van der Waals surface area contributed by atoms with Gasteiger partial charge in [-0.1, -0.05) is 12.1 Å². The minimum atomic E-state index is 0.0191. The van der Waals surface area contributed by atoms with Crippen LogP contribution in [0.5, 0.6) is 17.2 Å². The third-order valence-corrected chi connectivity index (χ3v) is 5.36. The van der Waals surface area contributed by atoms with E-state index in [-0.39, 0.29) is 18.6 Å². The lowest BCUT2D eigenvalue weighted by Gasteiger charge is -2.26. The van der Waals surface area contributed by atoms with E-state index in [0.29, 0.717) is 13.2 Å². The summed E-state index contributed by atoms with van der Waals surface area (Å²) in [6, 6.07) is 12.0. The number of hydrogen-bond donors (Lipinski definition) is 0. The molecule has 1 unspecified atom stereocenters. The molecule has 1 fully saturated rings. The van der Waals surface area contributed by atoms with Gasteiger partial charge < -0.3 is 19.1 Å². The average molecular weight is 367 g/mol. The van der Waals surface area contributed by atoms with Gasteiger partial charge in [-0.15, -0.1) is 0 Å².